The molecule has 162 valence electrons. The van der Waals surface area contributed by atoms with Crippen LogP contribution in [0.2, 0.25) is 0 Å². The van der Waals surface area contributed by atoms with Gasteiger partial charge >= 0.3 is 22.3 Å². The second-order valence-corrected chi connectivity index (χ2v) is 8.60. The van der Waals surface area contributed by atoms with Crippen LogP contribution in [-0.4, -0.2) is 74.9 Å². The standard InChI is InChI=1S/C16H20N2O5S.H2O4S/c1-9(19)23-7-10-8-24-15-12(17-11-5-3-2-4-6-11)14(20)18(15)13(10)16(21)22;1-5(2,3)4/h12,15H,2-8H2,1H3,(H,21,22);(H2,1,2,3,4)/t12?,15-;/m0./s1. The van der Waals surface area contributed by atoms with Gasteiger partial charge in [0.2, 0.25) is 0 Å². The lowest BCUT2D eigenvalue weighted by Gasteiger charge is -2.48. The molecular formula is C16H22N2O9S2. The van der Waals surface area contributed by atoms with Crippen molar-refractivity contribution < 1.29 is 41.8 Å². The van der Waals surface area contributed by atoms with Crippen LogP contribution >= 0.6 is 11.8 Å². The number of fused-ring (bicyclic) bond motifs is 1. The highest BCUT2D eigenvalue weighted by Crippen LogP contribution is 2.42. The molecule has 0 bridgehead atoms. The molecule has 1 unspecified atom stereocenters. The van der Waals surface area contributed by atoms with Crippen molar-refractivity contribution >= 4 is 45.7 Å². The summed E-state index contributed by atoms with van der Waals surface area (Å²) in [6.07, 6.45) is 5.27. The first kappa shape index (κ1) is 23.3. The maximum Gasteiger partial charge on any atom is 0.394 e. The number of amides is 1. The fraction of sp³-hybridized carbons (Fsp3) is 0.625. The van der Waals surface area contributed by atoms with E-state index in [4.69, 9.17) is 22.3 Å². The van der Waals surface area contributed by atoms with Gasteiger partial charge in [0.25, 0.3) is 5.91 Å². The summed E-state index contributed by atoms with van der Waals surface area (Å²) in [5, 5.41) is 9.22. The Bertz CT molecular complexity index is 834. The summed E-state index contributed by atoms with van der Waals surface area (Å²) in [6.45, 7) is 1.17. The molecule has 0 aromatic heterocycles. The number of hydrogen-bond donors (Lipinski definition) is 3. The van der Waals surface area contributed by atoms with Crippen LogP contribution in [0.15, 0.2) is 16.3 Å². The lowest BCUT2D eigenvalue weighted by atomic mass is 9.97. The second kappa shape index (κ2) is 9.69. The van der Waals surface area contributed by atoms with Crippen molar-refractivity contribution in [2.24, 2.45) is 4.99 Å². The molecular weight excluding hydrogens is 428 g/mol. The predicted molar refractivity (Wildman–Crippen MR) is 103 cm³/mol. The lowest BCUT2D eigenvalue weighted by Crippen LogP contribution is -2.64. The van der Waals surface area contributed by atoms with Crippen LogP contribution in [0.4, 0.5) is 0 Å². The molecule has 3 aliphatic rings. The zero-order valence-corrected chi connectivity index (χ0v) is 17.2. The molecule has 2 fully saturated rings. The van der Waals surface area contributed by atoms with Crippen LogP contribution in [0.1, 0.15) is 39.0 Å². The fourth-order valence-corrected chi connectivity index (χ4v) is 4.54. The second-order valence-electron chi connectivity index (χ2n) is 6.60. The molecule has 13 heteroatoms. The number of carbonyl (C=O) groups excluding carboxylic acids is 2. The Balaban J connectivity index is 0.000000537. The highest BCUT2D eigenvalue weighted by Gasteiger charge is 2.53. The summed E-state index contributed by atoms with van der Waals surface area (Å²) in [5.74, 6) is -1.50. The summed E-state index contributed by atoms with van der Waals surface area (Å²) in [6, 6.07) is -0.479. The summed E-state index contributed by atoms with van der Waals surface area (Å²) >= 11 is 1.48. The summed E-state index contributed by atoms with van der Waals surface area (Å²) in [7, 11) is -4.67. The van der Waals surface area contributed by atoms with Gasteiger partial charge < -0.3 is 9.84 Å². The van der Waals surface area contributed by atoms with Gasteiger partial charge in [-0.1, -0.05) is 6.42 Å². The van der Waals surface area contributed by atoms with Gasteiger partial charge in [-0.2, -0.15) is 8.42 Å². The molecule has 0 radical (unpaired) electrons. The minimum absolute atomic E-state index is 0.0508. The van der Waals surface area contributed by atoms with Crippen LogP contribution in [-0.2, 0) is 29.5 Å². The minimum Gasteiger partial charge on any atom is -0.477 e. The number of rotatable bonds is 4. The molecule has 3 N–H and O–H groups in total. The fourth-order valence-electron chi connectivity index (χ4n) is 3.23. The average Bonchev–Trinajstić information content (AvgIpc) is 2.62. The van der Waals surface area contributed by atoms with E-state index < -0.39 is 28.4 Å². The van der Waals surface area contributed by atoms with Crippen LogP contribution in [0.3, 0.4) is 0 Å². The summed E-state index contributed by atoms with van der Waals surface area (Å²) in [5.41, 5.74) is 1.48. The number of aliphatic carboxylic acids is 1. The van der Waals surface area contributed by atoms with Gasteiger partial charge in [-0.15, -0.1) is 11.8 Å². The first-order valence-electron chi connectivity index (χ1n) is 8.78. The van der Waals surface area contributed by atoms with Crippen molar-refractivity contribution in [3.8, 4) is 0 Å². The SMILES string of the molecule is CC(=O)OCC1=C(C(=O)O)N2C(=O)C(N=C3CCCCC3)[C@@H]2SC1.O=S(=O)(O)O. The Labute approximate surface area is 171 Å². The quantitative estimate of drug-likeness (QED) is 0.318. The average molecular weight is 450 g/mol. The maximum absolute atomic E-state index is 12.5. The number of carboxylic acid groups (broad SMARTS) is 1. The molecule has 11 nitrogen and oxygen atoms in total. The highest BCUT2D eigenvalue weighted by molar-refractivity contribution is 8.00. The van der Waals surface area contributed by atoms with E-state index >= 15 is 0 Å². The lowest BCUT2D eigenvalue weighted by molar-refractivity contribution is -0.148. The Morgan fingerprint density at radius 2 is 1.83 bits per heavy atom. The van der Waals surface area contributed by atoms with E-state index in [0.29, 0.717) is 11.3 Å². The molecule has 1 amide bonds. The van der Waals surface area contributed by atoms with Gasteiger partial charge in [0.15, 0.2) is 6.04 Å². The third-order valence-corrected chi connectivity index (χ3v) is 5.75. The molecule has 0 aromatic rings. The van der Waals surface area contributed by atoms with Crippen LogP contribution in [0.5, 0.6) is 0 Å². The zero-order valence-electron chi connectivity index (χ0n) is 15.6. The molecule has 0 spiro atoms. The highest BCUT2D eigenvalue weighted by atomic mass is 32.3. The Morgan fingerprint density at radius 3 is 2.34 bits per heavy atom. The van der Waals surface area contributed by atoms with Gasteiger partial charge in [-0.25, -0.2) is 4.79 Å². The van der Waals surface area contributed by atoms with E-state index in [1.54, 1.807) is 0 Å². The number of aliphatic imine (C=N–C) groups is 1. The first-order valence-corrected chi connectivity index (χ1v) is 11.2. The van der Waals surface area contributed by atoms with E-state index in [0.717, 1.165) is 31.4 Å². The predicted octanol–water partition coefficient (Wildman–Crippen LogP) is 0.924. The number of β-lactam (4-membered cyclic amide) rings is 1. The Kier molecular flexibility index (Phi) is 7.80. The number of carbonyl (C=O) groups is 3. The summed E-state index contributed by atoms with van der Waals surface area (Å²) < 4.78 is 36.5. The smallest absolute Gasteiger partial charge is 0.394 e. The monoisotopic (exact) mass is 450 g/mol. The van der Waals surface area contributed by atoms with Crippen LogP contribution in [0.25, 0.3) is 0 Å². The number of carboxylic acids is 1. The first-order chi connectivity index (χ1) is 13.5. The van der Waals surface area contributed by atoms with E-state index in [9.17, 15) is 19.5 Å². The third-order valence-electron chi connectivity index (χ3n) is 4.42. The van der Waals surface area contributed by atoms with Crippen molar-refractivity contribution in [2.45, 2.75) is 50.4 Å². The van der Waals surface area contributed by atoms with E-state index in [2.05, 4.69) is 4.99 Å². The molecule has 1 saturated carbocycles. The minimum atomic E-state index is -4.67. The van der Waals surface area contributed by atoms with Crippen LogP contribution < -0.4 is 0 Å². The number of thioether (sulfide) groups is 1. The molecule has 29 heavy (non-hydrogen) atoms. The Hall–Kier alpha value is -1.96. The largest absolute Gasteiger partial charge is 0.477 e. The van der Waals surface area contributed by atoms with Crippen molar-refractivity contribution in [3.05, 3.63) is 11.3 Å². The normalized spacial score (nSPS) is 24.0. The van der Waals surface area contributed by atoms with Crippen molar-refractivity contribution in [2.75, 3.05) is 12.4 Å². The summed E-state index contributed by atoms with van der Waals surface area (Å²) in [4.78, 5) is 40.9. The zero-order chi connectivity index (χ0) is 21.8. The molecule has 1 saturated heterocycles. The van der Waals surface area contributed by atoms with Crippen LogP contribution in [0, 0.1) is 0 Å². The van der Waals surface area contributed by atoms with Crippen molar-refractivity contribution in [1.29, 1.82) is 0 Å². The molecule has 3 rings (SSSR count). The molecule has 2 atom stereocenters. The van der Waals surface area contributed by atoms with E-state index in [1.807, 2.05) is 0 Å². The van der Waals surface area contributed by atoms with E-state index in [1.165, 1.54) is 30.0 Å². The third kappa shape index (κ3) is 6.52. The number of esters is 1. The topological polar surface area (TPSA) is 171 Å². The number of nitrogens with zero attached hydrogens (tertiary/aromatic N) is 2. The van der Waals surface area contributed by atoms with Gasteiger partial charge in [-0.05, 0) is 25.7 Å². The van der Waals surface area contributed by atoms with Crippen molar-refractivity contribution in [3.63, 3.8) is 0 Å². The van der Waals surface area contributed by atoms with Crippen molar-refractivity contribution in [1.82, 2.24) is 4.90 Å². The maximum atomic E-state index is 12.5. The van der Waals surface area contributed by atoms with Gasteiger partial charge in [0, 0.05) is 24.0 Å². The van der Waals surface area contributed by atoms with E-state index in [-0.39, 0.29) is 23.6 Å². The molecule has 2 aliphatic heterocycles. The molecule has 2 heterocycles. The van der Waals surface area contributed by atoms with Gasteiger partial charge in [0.1, 0.15) is 17.7 Å². The Morgan fingerprint density at radius 1 is 1.24 bits per heavy atom. The van der Waals surface area contributed by atoms with Gasteiger partial charge in [-0.3, -0.25) is 28.6 Å². The number of ether oxygens (including phenoxy) is 1. The number of hydrogen-bond acceptors (Lipinski definition) is 8. The molecule has 0 aromatic carbocycles. The van der Waals surface area contributed by atoms with Gasteiger partial charge in [0.05, 0.1) is 0 Å². The molecule has 1 aliphatic carbocycles.